The molecule has 0 bridgehead atoms. The second kappa shape index (κ2) is 13.0. The van der Waals surface area contributed by atoms with E-state index >= 15 is 0 Å². The number of carbonyl (C=O) groups excluding carboxylic acids is 2. The van der Waals surface area contributed by atoms with Gasteiger partial charge in [-0.3, -0.25) is 9.69 Å². The largest absolute Gasteiger partial charge is 0.397 e. The van der Waals surface area contributed by atoms with E-state index in [1.165, 1.54) is 6.07 Å². The fraction of sp³-hybridized carbons (Fsp3) is 0.310. The highest BCUT2D eigenvalue weighted by Gasteiger charge is 2.18. The van der Waals surface area contributed by atoms with Gasteiger partial charge in [-0.1, -0.05) is 30.3 Å². The molecule has 3 amide bonds. The third kappa shape index (κ3) is 7.53. The number of ether oxygens (including phenoxy) is 1. The molecule has 0 saturated carbocycles. The molecule has 200 valence electrons. The molecule has 9 heteroatoms. The van der Waals surface area contributed by atoms with E-state index in [0.29, 0.717) is 34.6 Å². The molecule has 1 aliphatic rings. The number of rotatable bonds is 9. The molecule has 0 radical (unpaired) electrons. The second-order valence-electron chi connectivity index (χ2n) is 9.37. The predicted octanol–water partition coefficient (Wildman–Crippen LogP) is 4.94. The molecule has 1 unspecified atom stereocenters. The number of aryl methyl sites for hydroxylation is 1. The van der Waals surface area contributed by atoms with Crippen LogP contribution in [0.5, 0.6) is 0 Å². The zero-order valence-corrected chi connectivity index (χ0v) is 21.5. The number of hydrogen-bond acceptors (Lipinski definition) is 5. The monoisotopic (exact) mass is 519 g/mol. The first-order valence-corrected chi connectivity index (χ1v) is 12.8. The van der Waals surface area contributed by atoms with E-state index in [-0.39, 0.29) is 17.8 Å². The van der Waals surface area contributed by atoms with Crippen molar-refractivity contribution >= 4 is 29.0 Å². The second-order valence-corrected chi connectivity index (χ2v) is 9.37. The average molecular weight is 520 g/mol. The lowest BCUT2D eigenvalue weighted by Crippen LogP contribution is -2.37. The van der Waals surface area contributed by atoms with Gasteiger partial charge in [-0.15, -0.1) is 0 Å². The van der Waals surface area contributed by atoms with Crippen LogP contribution in [-0.4, -0.2) is 49.7 Å². The van der Waals surface area contributed by atoms with Crippen molar-refractivity contribution in [2.24, 2.45) is 0 Å². The van der Waals surface area contributed by atoms with Crippen LogP contribution in [0.3, 0.4) is 0 Å². The van der Waals surface area contributed by atoms with Crippen molar-refractivity contribution in [1.29, 1.82) is 0 Å². The average Bonchev–Trinajstić information content (AvgIpc) is 2.92. The predicted molar refractivity (Wildman–Crippen MR) is 148 cm³/mol. The van der Waals surface area contributed by atoms with Gasteiger partial charge in [0.2, 0.25) is 0 Å². The van der Waals surface area contributed by atoms with Crippen molar-refractivity contribution in [1.82, 2.24) is 10.2 Å². The molecule has 1 heterocycles. The van der Waals surface area contributed by atoms with Gasteiger partial charge in [0.15, 0.2) is 0 Å². The number of hydrogen-bond donors (Lipinski definition) is 4. The van der Waals surface area contributed by atoms with Gasteiger partial charge in [0.1, 0.15) is 5.82 Å². The molecule has 5 N–H and O–H groups in total. The van der Waals surface area contributed by atoms with Crippen LogP contribution >= 0.6 is 0 Å². The number of amides is 3. The molecule has 3 aromatic rings. The number of nitrogens with one attached hydrogen (secondary N) is 3. The number of halogens is 1. The lowest BCUT2D eigenvalue weighted by molar-refractivity contribution is 0.0369. The molecule has 8 nitrogen and oxygen atoms in total. The summed E-state index contributed by atoms with van der Waals surface area (Å²) < 4.78 is 19.4. The number of nitrogens with zero attached hydrogens (tertiary/aromatic N) is 1. The molecule has 38 heavy (non-hydrogen) atoms. The van der Waals surface area contributed by atoms with Crippen molar-refractivity contribution in [3.63, 3.8) is 0 Å². The highest BCUT2D eigenvalue weighted by atomic mass is 19.1. The Balaban J connectivity index is 1.43. The molecular formula is C29H34FN5O3. The van der Waals surface area contributed by atoms with Gasteiger partial charge in [-0.25, -0.2) is 9.18 Å². The van der Waals surface area contributed by atoms with E-state index in [0.717, 1.165) is 44.8 Å². The van der Waals surface area contributed by atoms with Gasteiger partial charge >= 0.3 is 6.03 Å². The Morgan fingerprint density at radius 2 is 1.76 bits per heavy atom. The van der Waals surface area contributed by atoms with Crippen LogP contribution in [0.15, 0.2) is 66.7 Å². The van der Waals surface area contributed by atoms with E-state index in [2.05, 4.69) is 20.9 Å². The number of nitrogens with two attached hydrogens (primary N) is 1. The minimum absolute atomic E-state index is 0.273. The van der Waals surface area contributed by atoms with Crippen LogP contribution < -0.4 is 21.7 Å². The van der Waals surface area contributed by atoms with Crippen LogP contribution in [-0.2, 0) is 4.74 Å². The Hall–Kier alpha value is -3.95. The van der Waals surface area contributed by atoms with Crippen molar-refractivity contribution in [3.05, 3.63) is 89.2 Å². The molecule has 3 aromatic carbocycles. The maximum Gasteiger partial charge on any atom is 0.319 e. The van der Waals surface area contributed by atoms with Gasteiger partial charge in [-0.2, -0.15) is 0 Å². The Morgan fingerprint density at radius 3 is 2.47 bits per heavy atom. The molecule has 1 fully saturated rings. The van der Waals surface area contributed by atoms with Crippen LogP contribution in [0, 0.1) is 12.7 Å². The van der Waals surface area contributed by atoms with Crippen LogP contribution in [0.25, 0.3) is 0 Å². The van der Waals surface area contributed by atoms with Crippen molar-refractivity contribution in [2.75, 3.05) is 49.2 Å². The van der Waals surface area contributed by atoms with E-state index < -0.39 is 6.03 Å². The van der Waals surface area contributed by atoms with Crippen LogP contribution in [0.1, 0.15) is 40.4 Å². The summed E-state index contributed by atoms with van der Waals surface area (Å²) in [6.07, 6.45) is 1.55. The summed E-state index contributed by atoms with van der Waals surface area (Å²) in [7, 11) is 0. The first kappa shape index (κ1) is 27.1. The van der Waals surface area contributed by atoms with Gasteiger partial charge < -0.3 is 26.4 Å². The molecule has 1 aliphatic heterocycles. The third-order valence-corrected chi connectivity index (χ3v) is 6.59. The minimum Gasteiger partial charge on any atom is -0.397 e. The maximum absolute atomic E-state index is 13.9. The molecule has 4 rings (SSSR count). The van der Waals surface area contributed by atoms with Gasteiger partial charge in [0, 0.05) is 24.3 Å². The summed E-state index contributed by atoms with van der Waals surface area (Å²) in [5.74, 6) is -0.651. The standard InChI is InChI=1S/C29H34FN5O3/c1-20-8-13-23(19-24(20)30)32-29(37)34-26(7-4-14-35-15-17-38-18-16-35)21-9-11-22(12-10-21)28(36)33-27-6-3-2-5-25(27)31/h2-3,5-6,8-13,19,26H,4,7,14-18,31H2,1H3,(H,33,36)(H2,32,34,37). The highest BCUT2D eigenvalue weighted by molar-refractivity contribution is 6.05. The zero-order valence-electron chi connectivity index (χ0n) is 21.5. The van der Waals surface area contributed by atoms with E-state index in [1.807, 2.05) is 12.1 Å². The number of carbonyl (C=O) groups is 2. The molecule has 1 atom stereocenters. The highest BCUT2D eigenvalue weighted by Crippen LogP contribution is 2.22. The number of para-hydroxylation sites is 2. The number of anilines is 3. The zero-order chi connectivity index (χ0) is 26.9. The maximum atomic E-state index is 13.9. The lowest BCUT2D eigenvalue weighted by Gasteiger charge is -2.27. The SMILES string of the molecule is Cc1ccc(NC(=O)NC(CCCN2CCOCC2)c2ccc(C(=O)Nc3ccccc3N)cc2)cc1F. The van der Waals surface area contributed by atoms with Gasteiger partial charge in [0.05, 0.1) is 30.6 Å². The first-order chi connectivity index (χ1) is 18.4. The number of urea groups is 1. The fourth-order valence-corrected chi connectivity index (χ4v) is 4.33. The summed E-state index contributed by atoms with van der Waals surface area (Å²) in [4.78, 5) is 27.9. The lowest BCUT2D eigenvalue weighted by atomic mass is 10.00. The van der Waals surface area contributed by atoms with Gasteiger partial charge in [0.25, 0.3) is 5.91 Å². The smallest absolute Gasteiger partial charge is 0.319 e. The number of morpholine rings is 1. The third-order valence-electron chi connectivity index (χ3n) is 6.59. The summed E-state index contributed by atoms with van der Waals surface area (Å²) in [5, 5.41) is 8.56. The molecular weight excluding hydrogens is 485 g/mol. The van der Waals surface area contributed by atoms with Gasteiger partial charge in [-0.05, 0) is 73.8 Å². The number of nitrogen functional groups attached to an aromatic ring is 1. The first-order valence-electron chi connectivity index (χ1n) is 12.8. The quantitative estimate of drug-likeness (QED) is 0.299. The van der Waals surface area contributed by atoms with E-state index in [9.17, 15) is 14.0 Å². The summed E-state index contributed by atoms with van der Waals surface area (Å²) >= 11 is 0. The molecule has 0 aliphatic carbocycles. The summed E-state index contributed by atoms with van der Waals surface area (Å²) in [6, 6.07) is 18.1. The van der Waals surface area contributed by atoms with E-state index in [1.54, 1.807) is 55.5 Å². The Labute approximate surface area is 222 Å². The van der Waals surface area contributed by atoms with E-state index in [4.69, 9.17) is 10.5 Å². The summed E-state index contributed by atoms with van der Waals surface area (Å²) in [5.41, 5.74) is 9.21. The van der Waals surface area contributed by atoms with Crippen LogP contribution in [0.2, 0.25) is 0 Å². The Morgan fingerprint density at radius 1 is 1.03 bits per heavy atom. The molecule has 1 saturated heterocycles. The van der Waals surface area contributed by atoms with Crippen molar-refractivity contribution in [3.8, 4) is 0 Å². The Bertz CT molecular complexity index is 1250. The molecule has 0 spiro atoms. The van der Waals surface area contributed by atoms with Crippen molar-refractivity contribution in [2.45, 2.75) is 25.8 Å². The molecule has 0 aromatic heterocycles. The minimum atomic E-state index is -0.425. The topological polar surface area (TPSA) is 109 Å². The number of benzene rings is 3. The van der Waals surface area contributed by atoms with Crippen LogP contribution in [0.4, 0.5) is 26.2 Å². The summed E-state index contributed by atoms with van der Waals surface area (Å²) in [6.45, 7) is 5.82. The Kier molecular flexibility index (Phi) is 9.29. The normalized spacial score (nSPS) is 14.5. The fourth-order valence-electron chi connectivity index (χ4n) is 4.33. The van der Waals surface area contributed by atoms with Crippen molar-refractivity contribution < 1.29 is 18.7 Å².